The summed E-state index contributed by atoms with van der Waals surface area (Å²) in [7, 11) is 0. The minimum Gasteiger partial charge on any atom is -0.342 e. The summed E-state index contributed by atoms with van der Waals surface area (Å²) in [6, 6.07) is 15.0. The second-order valence-corrected chi connectivity index (χ2v) is 8.61. The summed E-state index contributed by atoms with van der Waals surface area (Å²) in [5, 5.41) is 3.44. The highest BCUT2D eigenvalue weighted by atomic mass is 35.5. The van der Waals surface area contributed by atoms with E-state index >= 15 is 0 Å². The van der Waals surface area contributed by atoms with E-state index in [2.05, 4.69) is 15.3 Å². The van der Waals surface area contributed by atoms with Gasteiger partial charge in [0.25, 0.3) is 5.91 Å². The van der Waals surface area contributed by atoms with E-state index < -0.39 is 0 Å². The molecule has 1 N–H and O–H groups in total. The van der Waals surface area contributed by atoms with Crippen molar-refractivity contribution in [1.82, 2.24) is 14.9 Å². The molecule has 1 aromatic heterocycles. The summed E-state index contributed by atoms with van der Waals surface area (Å²) in [5.74, 6) is 0.602. The number of aryl methyl sites for hydroxylation is 2. The van der Waals surface area contributed by atoms with Crippen molar-refractivity contribution >= 4 is 29.1 Å². The van der Waals surface area contributed by atoms with Gasteiger partial charge in [-0.05, 0) is 50.1 Å². The van der Waals surface area contributed by atoms with Crippen LogP contribution in [0.2, 0.25) is 5.02 Å². The van der Waals surface area contributed by atoms with Crippen LogP contribution in [-0.4, -0.2) is 39.8 Å². The molecule has 32 heavy (non-hydrogen) atoms. The third-order valence-corrected chi connectivity index (χ3v) is 5.98. The molecular weight excluding hydrogens is 424 g/mol. The molecule has 1 saturated heterocycles. The first-order valence-electron chi connectivity index (χ1n) is 10.6. The molecule has 1 fully saturated rings. The minimum atomic E-state index is -0.266. The standard InChI is InChI=1S/C25H25ClN4O2/c1-16-3-5-18(6-4-16)13-23(31)30-12-11-19(15-30)24-27-14-22(17(2)28-24)25(32)29-21-9-7-20(26)8-10-21/h3-10,14,19H,11-13,15H2,1-2H3,(H,29,32)/t19-/m1/s1. The zero-order chi connectivity index (χ0) is 22.7. The van der Waals surface area contributed by atoms with Crippen LogP contribution < -0.4 is 5.32 Å². The summed E-state index contributed by atoms with van der Waals surface area (Å²) in [5.41, 5.74) is 3.90. The molecule has 0 bridgehead atoms. The number of nitrogens with one attached hydrogen (secondary N) is 1. The normalized spacial score (nSPS) is 15.6. The Balaban J connectivity index is 1.38. The van der Waals surface area contributed by atoms with Crippen molar-refractivity contribution in [1.29, 1.82) is 0 Å². The summed E-state index contributed by atoms with van der Waals surface area (Å²) in [4.78, 5) is 36.2. The number of nitrogens with zero attached hydrogens (tertiary/aromatic N) is 3. The quantitative estimate of drug-likeness (QED) is 0.621. The Kier molecular flexibility index (Phi) is 6.51. The fourth-order valence-electron chi connectivity index (χ4n) is 3.83. The zero-order valence-corrected chi connectivity index (χ0v) is 18.9. The molecule has 1 aliphatic heterocycles. The lowest BCUT2D eigenvalue weighted by molar-refractivity contribution is -0.129. The zero-order valence-electron chi connectivity index (χ0n) is 18.1. The van der Waals surface area contributed by atoms with Crippen molar-refractivity contribution in [2.45, 2.75) is 32.6 Å². The minimum absolute atomic E-state index is 0.0732. The monoisotopic (exact) mass is 448 g/mol. The van der Waals surface area contributed by atoms with Crippen molar-refractivity contribution in [2.24, 2.45) is 0 Å². The van der Waals surface area contributed by atoms with Gasteiger partial charge < -0.3 is 10.2 Å². The van der Waals surface area contributed by atoms with Crippen LogP contribution in [0.4, 0.5) is 5.69 Å². The van der Waals surface area contributed by atoms with Gasteiger partial charge >= 0.3 is 0 Å². The van der Waals surface area contributed by atoms with Crippen LogP contribution >= 0.6 is 11.6 Å². The van der Waals surface area contributed by atoms with E-state index in [1.807, 2.05) is 36.1 Å². The first kappa shape index (κ1) is 22.0. The van der Waals surface area contributed by atoms with Crippen LogP contribution in [0, 0.1) is 13.8 Å². The number of rotatable bonds is 5. The average Bonchev–Trinajstić information content (AvgIpc) is 3.27. The predicted octanol–water partition coefficient (Wildman–Crippen LogP) is 4.56. The summed E-state index contributed by atoms with van der Waals surface area (Å²) in [6.45, 7) is 5.12. The average molecular weight is 449 g/mol. The molecule has 1 atom stereocenters. The second kappa shape index (κ2) is 9.49. The van der Waals surface area contributed by atoms with E-state index in [-0.39, 0.29) is 17.7 Å². The number of amides is 2. The van der Waals surface area contributed by atoms with Crippen molar-refractivity contribution in [3.8, 4) is 0 Å². The molecule has 7 heteroatoms. The molecule has 3 aromatic rings. The molecule has 0 aliphatic carbocycles. The number of hydrogen-bond acceptors (Lipinski definition) is 4. The lowest BCUT2D eigenvalue weighted by atomic mass is 10.1. The molecule has 4 rings (SSSR count). The highest BCUT2D eigenvalue weighted by Crippen LogP contribution is 2.26. The molecule has 1 aliphatic rings. The fourth-order valence-corrected chi connectivity index (χ4v) is 3.95. The Morgan fingerprint density at radius 2 is 1.81 bits per heavy atom. The largest absolute Gasteiger partial charge is 0.342 e. The van der Waals surface area contributed by atoms with Gasteiger partial charge in [-0.1, -0.05) is 41.4 Å². The van der Waals surface area contributed by atoms with Crippen molar-refractivity contribution in [3.63, 3.8) is 0 Å². The highest BCUT2D eigenvalue weighted by Gasteiger charge is 2.29. The Hall–Kier alpha value is -3.25. The molecule has 0 spiro atoms. The highest BCUT2D eigenvalue weighted by molar-refractivity contribution is 6.30. The molecule has 0 unspecified atom stereocenters. The van der Waals surface area contributed by atoms with E-state index in [4.69, 9.17) is 11.6 Å². The molecule has 0 radical (unpaired) electrons. The maximum atomic E-state index is 12.7. The van der Waals surface area contributed by atoms with Gasteiger partial charge in [-0.3, -0.25) is 9.59 Å². The Bertz CT molecular complexity index is 1130. The molecule has 164 valence electrons. The summed E-state index contributed by atoms with van der Waals surface area (Å²) >= 11 is 5.89. The number of halogens is 1. The van der Waals surface area contributed by atoms with Gasteiger partial charge in [-0.2, -0.15) is 0 Å². The van der Waals surface area contributed by atoms with Crippen molar-refractivity contribution < 1.29 is 9.59 Å². The third-order valence-electron chi connectivity index (χ3n) is 5.73. The maximum absolute atomic E-state index is 12.7. The lowest BCUT2D eigenvalue weighted by Crippen LogP contribution is -2.30. The molecule has 2 heterocycles. The number of anilines is 1. The molecule has 6 nitrogen and oxygen atoms in total. The third kappa shape index (κ3) is 5.14. The van der Waals surface area contributed by atoms with Crippen LogP contribution in [0.15, 0.2) is 54.7 Å². The van der Waals surface area contributed by atoms with Gasteiger partial charge in [0, 0.05) is 35.9 Å². The van der Waals surface area contributed by atoms with Crippen molar-refractivity contribution in [2.75, 3.05) is 18.4 Å². The van der Waals surface area contributed by atoms with Crippen LogP contribution in [0.3, 0.4) is 0 Å². The first-order valence-corrected chi connectivity index (χ1v) is 11.0. The SMILES string of the molecule is Cc1ccc(CC(=O)N2CC[C@@H](c3ncc(C(=O)Nc4ccc(Cl)cc4)c(C)n3)C2)cc1. The van der Waals surface area contributed by atoms with E-state index in [0.29, 0.717) is 47.3 Å². The fraction of sp³-hybridized carbons (Fsp3) is 0.280. The van der Waals surface area contributed by atoms with Crippen LogP contribution in [0.5, 0.6) is 0 Å². The topological polar surface area (TPSA) is 75.2 Å². The number of likely N-dealkylation sites (tertiary alicyclic amines) is 1. The van der Waals surface area contributed by atoms with E-state index in [1.165, 1.54) is 5.56 Å². The van der Waals surface area contributed by atoms with E-state index in [9.17, 15) is 9.59 Å². The van der Waals surface area contributed by atoms with Gasteiger partial charge in [0.2, 0.25) is 5.91 Å². The second-order valence-electron chi connectivity index (χ2n) is 8.18. The number of carbonyl (C=O) groups excluding carboxylic acids is 2. The summed E-state index contributed by atoms with van der Waals surface area (Å²) < 4.78 is 0. The smallest absolute Gasteiger partial charge is 0.259 e. The van der Waals surface area contributed by atoms with Crippen molar-refractivity contribution in [3.05, 3.63) is 88.0 Å². The Morgan fingerprint density at radius 3 is 2.50 bits per heavy atom. The molecule has 2 aromatic carbocycles. The molecule has 2 amide bonds. The number of hydrogen-bond donors (Lipinski definition) is 1. The van der Waals surface area contributed by atoms with Crippen LogP contribution in [0.1, 0.15) is 45.3 Å². The Labute approximate surface area is 192 Å². The van der Waals surface area contributed by atoms with Gasteiger partial charge in [-0.25, -0.2) is 9.97 Å². The Morgan fingerprint density at radius 1 is 1.09 bits per heavy atom. The molecular formula is C25H25ClN4O2. The van der Waals surface area contributed by atoms with E-state index in [0.717, 1.165) is 12.0 Å². The van der Waals surface area contributed by atoms with Gasteiger partial charge in [0.15, 0.2) is 0 Å². The lowest BCUT2D eigenvalue weighted by Gasteiger charge is -2.17. The van der Waals surface area contributed by atoms with Gasteiger partial charge in [-0.15, -0.1) is 0 Å². The van der Waals surface area contributed by atoms with E-state index in [1.54, 1.807) is 37.4 Å². The maximum Gasteiger partial charge on any atom is 0.259 e. The van der Waals surface area contributed by atoms with Crippen LogP contribution in [0.25, 0.3) is 0 Å². The summed E-state index contributed by atoms with van der Waals surface area (Å²) in [6.07, 6.45) is 2.78. The van der Waals surface area contributed by atoms with Gasteiger partial charge in [0.1, 0.15) is 5.82 Å². The number of aromatic nitrogens is 2. The number of carbonyl (C=O) groups is 2. The van der Waals surface area contributed by atoms with Gasteiger partial charge in [0.05, 0.1) is 17.7 Å². The van der Waals surface area contributed by atoms with Crippen LogP contribution in [-0.2, 0) is 11.2 Å². The number of benzene rings is 2. The first-order chi connectivity index (χ1) is 15.4. The predicted molar refractivity (Wildman–Crippen MR) is 125 cm³/mol. The molecule has 0 saturated carbocycles.